The fourth-order valence-corrected chi connectivity index (χ4v) is 8.03. The molecule has 1 aliphatic rings. The number of nitrogens with zero attached hydrogens (tertiary/aromatic N) is 4. The van der Waals surface area contributed by atoms with Crippen molar-refractivity contribution in [2.24, 2.45) is 0 Å². The van der Waals surface area contributed by atoms with Crippen LogP contribution in [0.25, 0.3) is 61.0 Å². The number of rotatable bonds is 8. The summed E-state index contributed by atoms with van der Waals surface area (Å²) in [6.07, 6.45) is -0.0735. The standard InChI is InChI=1S/C54H35N4O.Pt/c1-4-16-38(17-5-1)41-30-33-53(55-36-41)58-49-27-11-10-24-47(49)48-32-31-44(35-52(48)58)59-43-23-14-22-42(34-43)56-37-57(51-29-13-12-28-50(51)56)54-45(39-18-6-2-7-19-39)25-15-26-46(54)40-20-8-3-9-21-40;/h1-33,36-37H;/q-3;/i30D,33D,36D;. The van der Waals surface area contributed by atoms with Crippen LogP contribution in [0.15, 0.2) is 206 Å². The van der Waals surface area contributed by atoms with Gasteiger partial charge in [-0.25, -0.2) is 4.98 Å². The van der Waals surface area contributed by atoms with Gasteiger partial charge >= 0.3 is 0 Å². The third kappa shape index (κ3) is 6.63. The molecule has 0 radical (unpaired) electrons. The fourth-order valence-electron chi connectivity index (χ4n) is 8.03. The first-order valence-corrected chi connectivity index (χ1v) is 19.5. The molecule has 0 spiro atoms. The van der Waals surface area contributed by atoms with Crippen molar-refractivity contribution in [3.8, 4) is 50.7 Å². The van der Waals surface area contributed by atoms with Gasteiger partial charge in [0.05, 0.1) is 4.11 Å². The van der Waals surface area contributed by atoms with Crippen molar-refractivity contribution in [2.45, 2.75) is 0 Å². The van der Waals surface area contributed by atoms with E-state index < -0.39 is 0 Å². The van der Waals surface area contributed by atoms with Crippen molar-refractivity contribution >= 4 is 44.6 Å². The monoisotopic (exact) mass is 953 g/mol. The predicted octanol–water partition coefficient (Wildman–Crippen LogP) is 14.0. The Morgan fingerprint density at radius 3 is 1.82 bits per heavy atom. The second kappa shape index (κ2) is 15.9. The first-order valence-electron chi connectivity index (χ1n) is 21.0. The molecule has 290 valence electrons. The minimum atomic E-state index is -0.0817. The van der Waals surface area contributed by atoms with E-state index in [9.17, 15) is 0 Å². The Labute approximate surface area is 367 Å². The average molecular weight is 954 g/mol. The van der Waals surface area contributed by atoms with Crippen LogP contribution in [0, 0.1) is 18.8 Å². The second-order valence-electron chi connectivity index (χ2n) is 14.3. The Morgan fingerprint density at radius 1 is 0.500 bits per heavy atom. The molecule has 0 aliphatic carbocycles. The molecule has 5 nitrogen and oxygen atoms in total. The van der Waals surface area contributed by atoms with E-state index in [0.717, 1.165) is 61.3 Å². The quantitative estimate of drug-likeness (QED) is 0.142. The van der Waals surface area contributed by atoms with Crippen LogP contribution < -0.4 is 14.5 Å². The van der Waals surface area contributed by atoms with E-state index in [1.54, 1.807) is 0 Å². The molecule has 0 amide bonds. The molecule has 0 saturated carbocycles. The zero-order valence-corrected chi connectivity index (χ0v) is 34.3. The summed E-state index contributed by atoms with van der Waals surface area (Å²) in [5.74, 6) is 1.12. The molecule has 8 aromatic carbocycles. The number of benzene rings is 8. The van der Waals surface area contributed by atoms with Crippen molar-refractivity contribution in [3.63, 3.8) is 0 Å². The first kappa shape index (κ1) is 33.7. The predicted molar refractivity (Wildman–Crippen MR) is 241 cm³/mol. The van der Waals surface area contributed by atoms with Gasteiger partial charge in [0.25, 0.3) is 0 Å². The summed E-state index contributed by atoms with van der Waals surface area (Å²) in [5.41, 5.74) is 10.8. The van der Waals surface area contributed by atoms with Crippen LogP contribution >= 0.6 is 0 Å². The largest absolute Gasteiger partial charge is 0.509 e. The molecular weight excluding hydrogens is 916 g/mol. The maximum Gasteiger partial charge on any atom is 0.135 e. The van der Waals surface area contributed by atoms with Gasteiger partial charge in [-0.15, -0.1) is 48.1 Å². The van der Waals surface area contributed by atoms with Gasteiger partial charge in [0, 0.05) is 78.0 Å². The SMILES string of the molecule is [2H]c1nc(-n2c3[c-]c(Oc4[c-]c(N5[CH-]N(c6c(-c7ccccc7)cccc6-c6ccccc6)c6ccccc65)ccc4)ccc3c3ccccc32)c([2H])c([2H])c1-c1ccccc1.[Pt]. The Bertz CT molecular complexity index is 3250. The van der Waals surface area contributed by atoms with Gasteiger partial charge in [-0.1, -0.05) is 145 Å². The van der Waals surface area contributed by atoms with Gasteiger partial charge in [0.2, 0.25) is 0 Å². The van der Waals surface area contributed by atoms with E-state index in [-0.39, 0.29) is 45.1 Å². The molecule has 3 heterocycles. The number of para-hydroxylation sites is 4. The Morgan fingerprint density at radius 2 is 1.10 bits per heavy atom. The number of fused-ring (bicyclic) bond motifs is 4. The molecule has 60 heavy (non-hydrogen) atoms. The summed E-state index contributed by atoms with van der Waals surface area (Å²) in [6.45, 7) is 2.13. The molecule has 0 N–H and O–H groups in total. The molecule has 6 heteroatoms. The van der Waals surface area contributed by atoms with E-state index in [0.29, 0.717) is 28.1 Å². The molecule has 1 aliphatic heterocycles. The summed E-state index contributed by atoms with van der Waals surface area (Å²) in [7, 11) is 0. The Kier molecular flexibility index (Phi) is 8.92. The zero-order valence-electron chi connectivity index (χ0n) is 35.0. The van der Waals surface area contributed by atoms with E-state index in [1.165, 1.54) is 0 Å². The molecular formula is C54H35N4OPt-3. The second-order valence-corrected chi connectivity index (χ2v) is 14.3. The maximum absolute atomic E-state index is 9.16. The van der Waals surface area contributed by atoms with Crippen LogP contribution in [0.2, 0.25) is 0 Å². The van der Waals surface area contributed by atoms with Gasteiger partial charge < -0.3 is 19.1 Å². The number of hydrogen-bond donors (Lipinski definition) is 0. The Hall–Kier alpha value is -7.20. The van der Waals surface area contributed by atoms with E-state index in [1.807, 2.05) is 108 Å². The van der Waals surface area contributed by atoms with Crippen LogP contribution in [0.1, 0.15) is 4.11 Å². The number of aromatic nitrogens is 2. The summed E-state index contributed by atoms with van der Waals surface area (Å²) in [4.78, 5) is 9.07. The molecule has 2 aromatic heterocycles. The molecule has 0 bridgehead atoms. The summed E-state index contributed by atoms with van der Waals surface area (Å²) < 4.78 is 35.5. The molecule has 0 fully saturated rings. The molecule has 11 rings (SSSR count). The van der Waals surface area contributed by atoms with Gasteiger partial charge in [0.15, 0.2) is 0 Å². The summed E-state index contributed by atoms with van der Waals surface area (Å²) in [5, 5.41) is 1.81. The topological polar surface area (TPSA) is 33.5 Å². The fraction of sp³-hybridized carbons (Fsp3) is 0. The Balaban J connectivity index is 0.00000471. The van der Waals surface area contributed by atoms with Gasteiger partial charge in [-0.2, -0.15) is 12.1 Å². The normalized spacial score (nSPS) is 12.8. The third-order valence-corrected chi connectivity index (χ3v) is 10.7. The molecule has 0 unspecified atom stereocenters. The smallest absolute Gasteiger partial charge is 0.135 e. The van der Waals surface area contributed by atoms with E-state index in [4.69, 9.17) is 8.85 Å². The van der Waals surface area contributed by atoms with E-state index >= 15 is 0 Å². The summed E-state index contributed by atoms with van der Waals surface area (Å²) in [6, 6.07) is 69.5. The van der Waals surface area contributed by atoms with Crippen molar-refractivity contribution in [1.29, 1.82) is 0 Å². The van der Waals surface area contributed by atoms with Crippen LogP contribution in [0.5, 0.6) is 11.5 Å². The molecule has 0 atom stereocenters. The van der Waals surface area contributed by atoms with Crippen LogP contribution in [-0.2, 0) is 21.1 Å². The van der Waals surface area contributed by atoms with Gasteiger partial charge in [-0.3, -0.25) is 0 Å². The number of hydrogen-bond acceptors (Lipinski definition) is 4. The first-order chi connectivity index (χ1) is 30.5. The van der Waals surface area contributed by atoms with Crippen LogP contribution in [-0.4, -0.2) is 9.55 Å². The van der Waals surface area contributed by atoms with Gasteiger partial charge in [-0.05, 0) is 52.4 Å². The third-order valence-electron chi connectivity index (χ3n) is 10.7. The van der Waals surface area contributed by atoms with Crippen molar-refractivity contribution in [2.75, 3.05) is 9.80 Å². The van der Waals surface area contributed by atoms with Gasteiger partial charge in [0.1, 0.15) is 5.82 Å². The van der Waals surface area contributed by atoms with E-state index in [2.05, 4.69) is 119 Å². The number of anilines is 4. The minimum absolute atomic E-state index is 0. The van der Waals surface area contributed by atoms with Crippen molar-refractivity contribution < 1.29 is 29.9 Å². The minimum Gasteiger partial charge on any atom is -0.509 e. The number of pyridine rings is 1. The zero-order chi connectivity index (χ0) is 41.7. The molecule has 0 saturated heterocycles. The summed E-state index contributed by atoms with van der Waals surface area (Å²) >= 11 is 0. The maximum atomic E-state index is 9.16. The van der Waals surface area contributed by atoms with Crippen molar-refractivity contribution in [1.82, 2.24) is 9.55 Å². The van der Waals surface area contributed by atoms with Crippen LogP contribution in [0.3, 0.4) is 0 Å². The van der Waals surface area contributed by atoms with Crippen LogP contribution in [0.4, 0.5) is 22.7 Å². The number of ether oxygens (including phenoxy) is 1. The molecule has 10 aromatic rings. The average Bonchev–Trinajstić information content (AvgIpc) is 3.87. The van der Waals surface area contributed by atoms with Crippen molar-refractivity contribution in [3.05, 3.63) is 225 Å².